The van der Waals surface area contributed by atoms with E-state index in [9.17, 15) is 0 Å². The molecule has 688 valence electrons. The predicted molar refractivity (Wildman–Crippen MR) is 599 cm³/mol. The zero-order chi connectivity index (χ0) is 97.8. The predicted octanol–water partition coefficient (Wildman–Crippen LogP) is 34.3. The Hall–Kier alpha value is -17.3. The van der Waals surface area contributed by atoms with Gasteiger partial charge < -0.3 is 0 Å². The Morgan fingerprint density at radius 3 is 0.736 bits per heavy atom. The number of nitrogens with zero attached hydrogens (tertiary/aromatic N) is 9. The summed E-state index contributed by atoms with van der Waals surface area (Å²) in [6.45, 7) is 27.4. The van der Waals surface area contributed by atoms with Crippen LogP contribution in [0.3, 0.4) is 0 Å². The van der Waals surface area contributed by atoms with Crippen LogP contribution in [0.15, 0.2) is 408 Å². The molecule has 0 bridgehead atoms. The van der Waals surface area contributed by atoms with Gasteiger partial charge in [-0.25, -0.2) is 34.9 Å². The minimum atomic E-state index is -0.0473. The zero-order valence-corrected chi connectivity index (χ0v) is 82.7. The van der Waals surface area contributed by atoms with Crippen LogP contribution in [0.25, 0.3) is 220 Å². The fraction of sp³-hybridized carbons (Fsp3) is 0.119. The van der Waals surface area contributed by atoms with Crippen molar-refractivity contribution in [2.45, 2.75) is 105 Å². The number of hydrogen-bond acceptors (Lipinski definition) is 9. The van der Waals surface area contributed by atoms with Crippen LogP contribution in [0.5, 0.6) is 0 Å². The van der Waals surface area contributed by atoms with E-state index < -0.39 is 0 Å². The van der Waals surface area contributed by atoms with Crippen molar-refractivity contribution in [3.63, 3.8) is 0 Å². The van der Waals surface area contributed by atoms with Crippen LogP contribution in [0, 0.1) is 27.7 Å². The van der Waals surface area contributed by atoms with Crippen molar-refractivity contribution in [3.8, 4) is 134 Å². The van der Waals surface area contributed by atoms with Crippen LogP contribution in [-0.2, 0) is 21.7 Å². The van der Waals surface area contributed by atoms with E-state index in [2.05, 4.69) is 463 Å². The molecule has 0 unspecified atom stereocenters. The molecule has 0 aliphatic heterocycles. The van der Waals surface area contributed by atoms with Gasteiger partial charge in [-0.3, -0.25) is 9.97 Å². The summed E-state index contributed by atoms with van der Waals surface area (Å²) in [4.78, 5) is 40.5. The quantitative estimate of drug-likeness (QED) is 0.137. The average Bonchev–Trinajstić information content (AvgIpc) is 1.52. The summed E-state index contributed by atoms with van der Waals surface area (Å²) >= 11 is 0. The molecule has 4 aliphatic rings. The molecule has 0 amide bonds. The number of fused-ring (bicyclic) bond motifs is 20. The highest BCUT2D eigenvalue weighted by molar-refractivity contribution is 6.27. The second-order valence-electron chi connectivity index (χ2n) is 41.2. The first kappa shape index (κ1) is 88.2. The maximum absolute atomic E-state index is 4.72. The SMILES string of the molecule is Cc1ccc2c(-c3ccncn3)c3ccccc3c(-c3cccc4c3-c3ccccc3C4(C)C)c2c1.Cc1ccc2c(-c3cnccn3)c3ccccc3c(-c3cccc4c3-c3ccccc3C4(C)C)c2c1.Cc1ccc2c(-c3ncccn3)c3ccccc3c(-c3cccc4c3-c3ccccc3C4(C)C)c2c1.Cc1ccc2c(-c3ncncn3)c3ccccc3c(-c3cccc4c3-c3ccccc3C4(C)C)c2c1. The standard InChI is InChI=1S/3C34H26N2.C33H25N3/c1-21-16-17-24-27(20-21)30(22-10-4-5-11-23(22)32(24)33-35-18-9-19-36-33)26-13-8-15-29-31(26)25-12-6-7-14-28(25)34(29,2)3;1-21-15-16-24-27(19-21)31(22-9-4-5-10-23(22)33(24)30-20-35-17-18-36-30)26-12-8-14-29-32(26)25-11-6-7-13-28(25)34(29,2)3;1-21-15-16-24-27(19-21)31(22-9-4-5-10-23(22)33(24)30-17-18-35-20-36-30)26-12-8-14-29-32(26)25-11-6-7-13-28(25)34(29,2)3;1-20-15-16-23-26(17-20)29(21-9-4-5-10-22(21)31(23)32-35-18-34-19-36-32)25-12-8-14-28-30(25)24-11-6-7-13-27(24)33(28,2)3/h3*4-20H,1-3H3;4-19H,1-3H3. The fourth-order valence-electron chi connectivity index (χ4n) is 24.9. The molecule has 0 spiro atoms. The average molecular weight is 1850 g/mol. The molecule has 9 heteroatoms. The Balaban J connectivity index is 0.000000101. The summed E-state index contributed by atoms with van der Waals surface area (Å²) in [5.41, 5.74) is 43.4. The molecule has 144 heavy (non-hydrogen) atoms. The lowest BCUT2D eigenvalue weighted by atomic mass is 9.81. The van der Waals surface area contributed by atoms with Gasteiger partial charge in [0.05, 0.1) is 17.6 Å². The third kappa shape index (κ3) is 13.9. The number of hydrogen-bond donors (Lipinski definition) is 0. The van der Waals surface area contributed by atoms with Crippen LogP contribution in [0.2, 0.25) is 0 Å². The van der Waals surface area contributed by atoms with Crippen molar-refractivity contribution < 1.29 is 0 Å². The normalized spacial score (nSPS) is 13.6. The first-order valence-corrected chi connectivity index (χ1v) is 49.9. The molecule has 24 aromatic rings. The number of benzene rings is 20. The molecule has 28 rings (SSSR count). The van der Waals surface area contributed by atoms with Gasteiger partial charge in [-0.15, -0.1) is 0 Å². The van der Waals surface area contributed by atoms with Crippen LogP contribution in [-0.4, -0.2) is 44.9 Å². The van der Waals surface area contributed by atoms with Crippen molar-refractivity contribution in [1.29, 1.82) is 0 Å². The number of rotatable bonds is 8. The Kier molecular flexibility index (Phi) is 21.0. The van der Waals surface area contributed by atoms with E-state index in [0.717, 1.165) is 44.7 Å². The van der Waals surface area contributed by atoms with E-state index in [1.54, 1.807) is 31.4 Å². The summed E-state index contributed by atoms with van der Waals surface area (Å²) in [5, 5.41) is 19.4. The number of aryl methyl sites for hydroxylation is 4. The first-order valence-electron chi connectivity index (χ1n) is 49.9. The van der Waals surface area contributed by atoms with Gasteiger partial charge in [0, 0.05) is 74.9 Å². The number of aromatic nitrogens is 9. The van der Waals surface area contributed by atoms with Gasteiger partial charge >= 0.3 is 0 Å². The Morgan fingerprint density at radius 2 is 0.424 bits per heavy atom. The topological polar surface area (TPSA) is 116 Å². The van der Waals surface area contributed by atoms with Crippen molar-refractivity contribution in [2.75, 3.05) is 0 Å². The van der Waals surface area contributed by atoms with Crippen molar-refractivity contribution in [3.05, 3.63) is 475 Å². The van der Waals surface area contributed by atoms with Crippen molar-refractivity contribution in [1.82, 2.24) is 44.9 Å². The highest BCUT2D eigenvalue weighted by atomic mass is 15.0. The molecule has 0 radical (unpaired) electrons. The highest BCUT2D eigenvalue weighted by Gasteiger charge is 2.43. The minimum Gasteiger partial charge on any atom is -0.261 e. The molecule has 0 atom stereocenters. The van der Waals surface area contributed by atoms with Gasteiger partial charge in [0.25, 0.3) is 0 Å². The molecule has 0 fully saturated rings. The molecular formula is C135H103N9. The monoisotopic (exact) mass is 1850 g/mol. The van der Waals surface area contributed by atoms with Crippen molar-refractivity contribution >= 4 is 86.2 Å². The molecule has 20 aromatic carbocycles. The van der Waals surface area contributed by atoms with E-state index >= 15 is 0 Å². The van der Waals surface area contributed by atoms with Crippen LogP contribution >= 0.6 is 0 Å². The largest absolute Gasteiger partial charge is 0.261 e. The van der Waals surface area contributed by atoms with Gasteiger partial charge in [0.2, 0.25) is 0 Å². The fourth-order valence-corrected chi connectivity index (χ4v) is 24.9. The molecular weight excluding hydrogens is 1750 g/mol. The molecule has 4 aliphatic carbocycles. The lowest BCUT2D eigenvalue weighted by Gasteiger charge is -2.22. The van der Waals surface area contributed by atoms with Gasteiger partial charge in [0.1, 0.15) is 19.0 Å². The summed E-state index contributed by atoms with van der Waals surface area (Å²) in [5.74, 6) is 1.46. The van der Waals surface area contributed by atoms with Gasteiger partial charge in [0.15, 0.2) is 11.6 Å². The highest BCUT2D eigenvalue weighted by Crippen LogP contribution is 2.61. The van der Waals surface area contributed by atoms with Crippen LogP contribution in [0.1, 0.15) is 122 Å². The lowest BCUT2D eigenvalue weighted by molar-refractivity contribution is 0.660. The zero-order valence-electron chi connectivity index (χ0n) is 82.7. The van der Waals surface area contributed by atoms with Gasteiger partial charge in [-0.1, -0.05) is 417 Å². The third-order valence-corrected chi connectivity index (χ3v) is 31.4. The molecule has 0 saturated heterocycles. The first-order chi connectivity index (χ1) is 70.2. The Bertz CT molecular complexity index is 8340. The summed E-state index contributed by atoms with van der Waals surface area (Å²) in [6, 6.07) is 129. The Morgan fingerprint density at radius 1 is 0.160 bits per heavy atom. The molecule has 0 N–H and O–H groups in total. The molecule has 0 saturated carbocycles. The summed E-state index contributed by atoms with van der Waals surface area (Å²) in [7, 11) is 0. The van der Waals surface area contributed by atoms with E-state index in [-0.39, 0.29) is 21.7 Å². The summed E-state index contributed by atoms with van der Waals surface area (Å²) in [6.07, 6.45) is 15.7. The van der Waals surface area contributed by atoms with Crippen LogP contribution in [0.4, 0.5) is 0 Å². The van der Waals surface area contributed by atoms with E-state index in [1.807, 2.05) is 36.9 Å². The van der Waals surface area contributed by atoms with Crippen molar-refractivity contribution in [2.24, 2.45) is 0 Å². The van der Waals surface area contributed by atoms with Crippen LogP contribution < -0.4 is 0 Å². The smallest absolute Gasteiger partial charge is 0.163 e. The third-order valence-electron chi connectivity index (χ3n) is 31.4. The Labute approximate surface area is 839 Å². The maximum Gasteiger partial charge on any atom is 0.163 e. The van der Waals surface area contributed by atoms with Gasteiger partial charge in [-0.2, -0.15) is 0 Å². The second-order valence-corrected chi connectivity index (χ2v) is 41.2. The molecule has 9 nitrogen and oxygen atoms in total. The van der Waals surface area contributed by atoms with E-state index in [4.69, 9.17) is 4.98 Å². The molecule has 4 aromatic heterocycles. The van der Waals surface area contributed by atoms with E-state index in [1.165, 1.54) is 237 Å². The lowest BCUT2D eigenvalue weighted by Crippen LogP contribution is -2.14. The van der Waals surface area contributed by atoms with E-state index in [0.29, 0.717) is 5.82 Å². The summed E-state index contributed by atoms with van der Waals surface area (Å²) < 4.78 is 0. The van der Waals surface area contributed by atoms with Gasteiger partial charge in [-0.05, 0) is 260 Å². The maximum atomic E-state index is 4.72. The molecule has 4 heterocycles. The minimum absolute atomic E-state index is 0.0373. The second kappa shape index (κ2) is 34.3.